The van der Waals surface area contributed by atoms with Crippen LogP contribution in [0.15, 0.2) is 30.5 Å². The molecule has 1 aromatic carbocycles. The maximum atomic E-state index is 12.3. The van der Waals surface area contributed by atoms with Crippen LogP contribution in [0.3, 0.4) is 0 Å². The summed E-state index contributed by atoms with van der Waals surface area (Å²) in [5, 5.41) is 17.3. The summed E-state index contributed by atoms with van der Waals surface area (Å²) in [7, 11) is 0. The first-order valence-electron chi connectivity index (χ1n) is 8.16. The number of non-ortho nitro benzene ring substituents is 1. The summed E-state index contributed by atoms with van der Waals surface area (Å²) in [4.78, 5) is 38.6. The molecule has 1 aliphatic heterocycles. The fourth-order valence-electron chi connectivity index (χ4n) is 3.04. The van der Waals surface area contributed by atoms with Crippen molar-refractivity contribution in [3.63, 3.8) is 0 Å². The zero-order chi connectivity index (χ0) is 17.8. The maximum Gasteiger partial charge on any atom is 0.295 e. The average molecular weight is 342 g/mol. The van der Waals surface area contributed by atoms with Gasteiger partial charge in [-0.1, -0.05) is 6.42 Å². The third-order valence-electron chi connectivity index (χ3n) is 4.22. The van der Waals surface area contributed by atoms with Gasteiger partial charge in [-0.25, -0.2) is 4.98 Å². The van der Waals surface area contributed by atoms with Crippen LogP contribution in [0.2, 0.25) is 0 Å². The number of carbonyl (C=O) groups excluding carboxylic acids is 2. The van der Waals surface area contributed by atoms with Crippen molar-refractivity contribution in [1.29, 1.82) is 0 Å². The number of fused-ring (bicyclic) bond motifs is 1. The lowest BCUT2D eigenvalue weighted by atomic mass is 10.1. The standard InChI is InChI=1S/C17H18N4O4/c22-15-6-2-1-4-11(19-15)10-16(23)20-13-7-8-14(21(24)25)17-12(13)5-3-9-18-17/h3,5,7-9,11H,1-2,4,6,10H2,(H,19,22)(H,20,23). The topological polar surface area (TPSA) is 114 Å². The Kier molecular flexibility index (Phi) is 4.87. The highest BCUT2D eigenvalue weighted by Gasteiger charge is 2.21. The lowest BCUT2D eigenvalue weighted by Crippen LogP contribution is -2.35. The summed E-state index contributed by atoms with van der Waals surface area (Å²) in [5.74, 6) is -0.272. The molecule has 2 amide bonds. The zero-order valence-corrected chi connectivity index (χ0v) is 13.5. The quantitative estimate of drug-likeness (QED) is 0.654. The Morgan fingerprint density at radius 1 is 1.36 bits per heavy atom. The smallest absolute Gasteiger partial charge is 0.295 e. The average Bonchev–Trinajstić information content (AvgIpc) is 2.78. The molecule has 1 fully saturated rings. The molecule has 0 spiro atoms. The molecular formula is C17H18N4O4. The number of nitrogens with one attached hydrogen (secondary N) is 2. The van der Waals surface area contributed by atoms with E-state index in [2.05, 4.69) is 15.6 Å². The van der Waals surface area contributed by atoms with E-state index in [1.165, 1.54) is 18.3 Å². The molecule has 2 N–H and O–H groups in total. The highest BCUT2D eigenvalue weighted by molar-refractivity contribution is 6.03. The van der Waals surface area contributed by atoms with Gasteiger partial charge in [0.1, 0.15) is 5.52 Å². The van der Waals surface area contributed by atoms with Gasteiger partial charge in [-0.2, -0.15) is 0 Å². The van der Waals surface area contributed by atoms with E-state index in [1.807, 2.05) is 0 Å². The lowest BCUT2D eigenvalue weighted by Gasteiger charge is -2.16. The number of amides is 2. The van der Waals surface area contributed by atoms with E-state index < -0.39 is 4.92 Å². The van der Waals surface area contributed by atoms with Crippen LogP contribution in [0.1, 0.15) is 32.1 Å². The van der Waals surface area contributed by atoms with Gasteiger partial charge in [-0.05, 0) is 31.0 Å². The van der Waals surface area contributed by atoms with Crippen molar-refractivity contribution >= 4 is 34.1 Å². The summed E-state index contributed by atoms with van der Waals surface area (Å²) in [6, 6.07) is 5.99. The van der Waals surface area contributed by atoms with E-state index in [0.29, 0.717) is 17.5 Å². The molecule has 1 unspecified atom stereocenters. The van der Waals surface area contributed by atoms with Crippen LogP contribution in [0.5, 0.6) is 0 Å². The first-order valence-corrected chi connectivity index (χ1v) is 8.16. The molecule has 3 rings (SSSR count). The molecule has 1 aromatic heterocycles. The molecule has 1 atom stereocenters. The number of rotatable bonds is 4. The summed E-state index contributed by atoms with van der Waals surface area (Å²) in [6.07, 6.45) is 4.65. The van der Waals surface area contributed by atoms with E-state index in [1.54, 1.807) is 12.1 Å². The van der Waals surface area contributed by atoms with E-state index in [4.69, 9.17) is 0 Å². The van der Waals surface area contributed by atoms with Crippen LogP contribution < -0.4 is 10.6 Å². The Morgan fingerprint density at radius 2 is 2.20 bits per heavy atom. The number of nitro groups is 1. The van der Waals surface area contributed by atoms with Crippen LogP contribution in [0.25, 0.3) is 10.9 Å². The normalized spacial score (nSPS) is 17.6. The summed E-state index contributed by atoms with van der Waals surface area (Å²) in [6.45, 7) is 0. The monoisotopic (exact) mass is 342 g/mol. The van der Waals surface area contributed by atoms with Crippen molar-refractivity contribution < 1.29 is 14.5 Å². The number of carbonyl (C=O) groups is 2. The zero-order valence-electron chi connectivity index (χ0n) is 13.5. The second-order valence-electron chi connectivity index (χ2n) is 6.05. The molecule has 0 bridgehead atoms. The number of nitro benzene ring substituents is 1. The Morgan fingerprint density at radius 3 is 3.00 bits per heavy atom. The van der Waals surface area contributed by atoms with Gasteiger partial charge in [-0.3, -0.25) is 19.7 Å². The van der Waals surface area contributed by atoms with E-state index in [0.717, 1.165) is 19.3 Å². The number of pyridine rings is 1. The molecule has 0 saturated carbocycles. The minimum absolute atomic E-state index is 0.0275. The number of hydrogen-bond donors (Lipinski definition) is 2. The lowest BCUT2D eigenvalue weighted by molar-refractivity contribution is -0.383. The molecule has 25 heavy (non-hydrogen) atoms. The second kappa shape index (κ2) is 7.25. The number of aromatic nitrogens is 1. The molecule has 130 valence electrons. The first-order chi connectivity index (χ1) is 12.0. The van der Waals surface area contributed by atoms with Crippen LogP contribution in [0.4, 0.5) is 11.4 Å². The Labute approximate surface area is 143 Å². The van der Waals surface area contributed by atoms with E-state index >= 15 is 0 Å². The van der Waals surface area contributed by atoms with Gasteiger partial charge in [0, 0.05) is 36.5 Å². The molecule has 0 aliphatic carbocycles. The van der Waals surface area contributed by atoms with Gasteiger partial charge in [0.15, 0.2) is 0 Å². The molecule has 1 aliphatic rings. The molecule has 1 saturated heterocycles. The van der Waals surface area contributed by atoms with Gasteiger partial charge in [0.2, 0.25) is 11.8 Å². The SMILES string of the molecule is O=C(CC1CCCCC(=O)N1)Nc1ccc([N+](=O)[O-])c2ncccc12. The predicted molar refractivity (Wildman–Crippen MR) is 92.0 cm³/mol. The van der Waals surface area contributed by atoms with Crippen molar-refractivity contribution in [3.8, 4) is 0 Å². The van der Waals surface area contributed by atoms with Crippen molar-refractivity contribution in [2.45, 2.75) is 38.1 Å². The highest BCUT2D eigenvalue weighted by atomic mass is 16.6. The fraction of sp³-hybridized carbons (Fsp3) is 0.353. The number of nitrogens with zero attached hydrogens (tertiary/aromatic N) is 2. The van der Waals surface area contributed by atoms with Gasteiger partial charge in [0.25, 0.3) is 5.69 Å². The van der Waals surface area contributed by atoms with E-state index in [9.17, 15) is 19.7 Å². The molecule has 8 nitrogen and oxygen atoms in total. The van der Waals surface area contributed by atoms with Gasteiger partial charge >= 0.3 is 0 Å². The number of benzene rings is 1. The van der Waals surface area contributed by atoms with Crippen molar-refractivity contribution in [2.24, 2.45) is 0 Å². The van der Waals surface area contributed by atoms with Crippen LogP contribution in [-0.2, 0) is 9.59 Å². The summed E-state index contributed by atoms with van der Waals surface area (Å²) in [5.41, 5.74) is 0.594. The van der Waals surface area contributed by atoms with Gasteiger partial charge in [0.05, 0.1) is 10.6 Å². The van der Waals surface area contributed by atoms with Crippen molar-refractivity contribution in [3.05, 3.63) is 40.6 Å². The predicted octanol–water partition coefficient (Wildman–Crippen LogP) is 2.53. The fourth-order valence-corrected chi connectivity index (χ4v) is 3.04. The number of hydrogen-bond acceptors (Lipinski definition) is 5. The van der Waals surface area contributed by atoms with Gasteiger partial charge in [-0.15, -0.1) is 0 Å². The third kappa shape index (κ3) is 3.90. The third-order valence-corrected chi connectivity index (χ3v) is 4.22. The van der Waals surface area contributed by atoms with Crippen LogP contribution in [0, 0.1) is 10.1 Å². The summed E-state index contributed by atoms with van der Waals surface area (Å²) < 4.78 is 0. The van der Waals surface area contributed by atoms with Crippen LogP contribution >= 0.6 is 0 Å². The van der Waals surface area contributed by atoms with Crippen LogP contribution in [-0.4, -0.2) is 27.8 Å². The Hall–Kier alpha value is -3.03. The van der Waals surface area contributed by atoms with E-state index in [-0.39, 0.29) is 35.5 Å². The molecule has 0 radical (unpaired) electrons. The largest absolute Gasteiger partial charge is 0.353 e. The Balaban J connectivity index is 1.78. The number of anilines is 1. The molecule has 2 heterocycles. The summed E-state index contributed by atoms with van der Waals surface area (Å²) >= 11 is 0. The minimum Gasteiger partial charge on any atom is -0.353 e. The minimum atomic E-state index is -0.498. The molecular weight excluding hydrogens is 324 g/mol. The van der Waals surface area contributed by atoms with Crippen molar-refractivity contribution in [1.82, 2.24) is 10.3 Å². The second-order valence-corrected chi connectivity index (χ2v) is 6.05. The molecule has 2 aromatic rings. The highest BCUT2D eigenvalue weighted by Crippen LogP contribution is 2.29. The maximum absolute atomic E-state index is 12.3. The van der Waals surface area contributed by atoms with Crippen molar-refractivity contribution in [2.75, 3.05) is 5.32 Å². The van der Waals surface area contributed by atoms with Gasteiger partial charge < -0.3 is 10.6 Å². The first kappa shape index (κ1) is 16.8. The Bertz CT molecular complexity index is 837. The molecule has 8 heteroatoms.